The van der Waals surface area contributed by atoms with E-state index in [9.17, 15) is 9.59 Å². The summed E-state index contributed by atoms with van der Waals surface area (Å²) in [5.74, 6) is 0.818. The fourth-order valence-electron chi connectivity index (χ4n) is 3.23. The number of ether oxygens (including phenoxy) is 1. The van der Waals surface area contributed by atoms with Crippen molar-refractivity contribution in [1.82, 2.24) is 4.90 Å². The van der Waals surface area contributed by atoms with Crippen molar-refractivity contribution >= 4 is 29.1 Å². The summed E-state index contributed by atoms with van der Waals surface area (Å²) >= 11 is 1.36. The molecule has 0 radical (unpaired) electrons. The quantitative estimate of drug-likeness (QED) is 0.464. The number of thioether (sulfide) groups is 1. The summed E-state index contributed by atoms with van der Waals surface area (Å²) in [6.07, 6.45) is 2.23. The van der Waals surface area contributed by atoms with E-state index in [4.69, 9.17) is 9.15 Å². The van der Waals surface area contributed by atoms with Gasteiger partial charge >= 0.3 is 0 Å². The highest BCUT2D eigenvalue weighted by Crippen LogP contribution is 2.38. The molecule has 1 aromatic carbocycles. The predicted octanol–water partition coefficient (Wildman–Crippen LogP) is 4.34. The average molecular weight is 400 g/mol. The molecule has 0 aliphatic carbocycles. The molecular formula is C22H25NO4S. The molecule has 0 saturated carbocycles. The molecule has 5 nitrogen and oxygen atoms in total. The zero-order valence-corrected chi connectivity index (χ0v) is 17.3. The molecule has 1 aliphatic heterocycles. The Morgan fingerprint density at radius 3 is 2.64 bits per heavy atom. The Morgan fingerprint density at radius 1 is 1.14 bits per heavy atom. The third-order valence-electron chi connectivity index (χ3n) is 4.59. The standard InChI is InChI=1S/C22H25NO4S/c1-4-26-11-6-10-23-21(24)19(18-9-8-15(2)13-16(18)3)20(22(23)25)28-14-17-7-5-12-27-17/h5,7-9,12-13H,4,6,10-11,14H2,1-3H3. The normalized spacial score (nSPS) is 14.5. The van der Waals surface area contributed by atoms with Crippen LogP contribution in [0.2, 0.25) is 0 Å². The highest BCUT2D eigenvalue weighted by molar-refractivity contribution is 8.03. The molecule has 6 heteroatoms. The number of rotatable bonds is 9. The number of carbonyl (C=O) groups is 2. The van der Waals surface area contributed by atoms with E-state index in [1.165, 1.54) is 16.7 Å². The Hall–Kier alpha value is -2.31. The summed E-state index contributed by atoms with van der Waals surface area (Å²) < 4.78 is 10.7. The van der Waals surface area contributed by atoms with Gasteiger partial charge in [0.25, 0.3) is 11.8 Å². The molecule has 2 heterocycles. The molecular weight excluding hydrogens is 374 g/mol. The maximum atomic E-state index is 13.2. The van der Waals surface area contributed by atoms with Crippen molar-refractivity contribution in [3.63, 3.8) is 0 Å². The zero-order valence-electron chi connectivity index (χ0n) is 16.5. The average Bonchev–Trinajstić information content (AvgIpc) is 3.25. The third-order valence-corrected chi connectivity index (χ3v) is 5.69. The second-order valence-electron chi connectivity index (χ2n) is 6.70. The van der Waals surface area contributed by atoms with Crippen LogP contribution in [-0.4, -0.2) is 36.5 Å². The molecule has 148 valence electrons. The lowest BCUT2D eigenvalue weighted by molar-refractivity contribution is -0.136. The van der Waals surface area contributed by atoms with E-state index < -0.39 is 0 Å². The number of hydrogen-bond donors (Lipinski definition) is 0. The minimum atomic E-state index is -0.229. The summed E-state index contributed by atoms with van der Waals surface area (Å²) in [7, 11) is 0. The number of benzene rings is 1. The summed E-state index contributed by atoms with van der Waals surface area (Å²) in [5, 5.41) is 0. The summed E-state index contributed by atoms with van der Waals surface area (Å²) in [6, 6.07) is 9.62. The first kappa shape index (κ1) is 20.4. The lowest BCUT2D eigenvalue weighted by atomic mass is 9.99. The number of imide groups is 1. The monoisotopic (exact) mass is 399 g/mol. The van der Waals surface area contributed by atoms with Crippen molar-refractivity contribution in [2.24, 2.45) is 0 Å². The van der Waals surface area contributed by atoms with Crippen LogP contribution in [0.5, 0.6) is 0 Å². The van der Waals surface area contributed by atoms with Crippen molar-refractivity contribution < 1.29 is 18.7 Å². The van der Waals surface area contributed by atoms with Gasteiger partial charge in [0.2, 0.25) is 0 Å². The third kappa shape index (κ3) is 4.39. The Balaban J connectivity index is 1.90. The maximum absolute atomic E-state index is 13.2. The minimum Gasteiger partial charge on any atom is -0.468 e. The van der Waals surface area contributed by atoms with Crippen molar-refractivity contribution in [3.05, 3.63) is 64.0 Å². The molecule has 0 spiro atoms. The molecule has 0 bridgehead atoms. The van der Waals surface area contributed by atoms with Crippen LogP contribution in [0.1, 0.15) is 35.8 Å². The van der Waals surface area contributed by atoms with Crippen LogP contribution in [-0.2, 0) is 20.1 Å². The van der Waals surface area contributed by atoms with Crippen LogP contribution >= 0.6 is 11.8 Å². The molecule has 2 amide bonds. The van der Waals surface area contributed by atoms with Crippen LogP contribution < -0.4 is 0 Å². The SMILES string of the molecule is CCOCCCN1C(=O)C(SCc2ccco2)=C(c2ccc(C)cc2C)C1=O. The second-order valence-corrected chi connectivity index (χ2v) is 7.69. The van der Waals surface area contributed by atoms with Gasteiger partial charge in [-0.15, -0.1) is 11.8 Å². The van der Waals surface area contributed by atoms with Crippen LogP contribution in [0.4, 0.5) is 0 Å². The van der Waals surface area contributed by atoms with E-state index in [1.807, 2.05) is 51.1 Å². The smallest absolute Gasteiger partial charge is 0.267 e. The molecule has 0 unspecified atom stereocenters. The van der Waals surface area contributed by atoms with Crippen LogP contribution in [0.15, 0.2) is 45.9 Å². The molecule has 3 rings (SSSR count). The molecule has 1 aromatic heterocycles. The number of carbonyl (C=O) groups excluding carboxylic acids is 2. The van der Waals surface area contributed by atoms with Crippen molar-refractivity contribution in [3.8, 4) is 0 Å². The lowest BCUT2D eigenvalue weighted by Gasteiger charge is -2.15. The Morgan fingerprint density at radius 2 is 1.96 bits per heavy atom. The van der Waals surface area contributed by atoms with Gasteiger partial charge in [-0.25, -0.2) is 0 Å². The van der Waals surface area contributed by atoms with Gasteiger partial charge in [0.05, 0.1) is 22.5 Å². The van der Waals surface area contributed by atoms with Gasteiger partial charge in [-0.1, -0.05) is 23.8 Å². The number of hydrogen-bond acceptors (Lipinski definition) is 5. The lowest BCUT2D eigenvalue weighted by Crippen LogP contribution is -2.33. The number of nitrogens with zero attached hydrogens (tertiary/aromatic N) is 1. The van der Waals surface area contributed by atoms with Gasteiger partial charge in [0, 0.05) is 19.8 Å². The Bertz CT molecular complexity index is 886. The van der Waals surface area contributed by atoms with Gasteiger partial charge in [0.15, 0.2) is 0 Å². The maximum Gasteiger partial charge on any atom is 0.267 e. The Kier molecular flexibility index (Phi) is 6.75. The summed E-state index contributed by atoms with van der Waals surface area (Å²) in [5.41, 5.74) is 3.43. The van der Waals surface area contributed by atoms with Crippen LogP contribution in [0, 0.1) is 13.8 Å². The fourth-order valence-corrected chi connectivity index (χ4v) is 4.26. The molecule has 0 saturated heterocycles. The van der Waals surface area contributed by atoms with E-state index >= 15 is 0 Å². The molecule has 2 aromatic rings. The van der Waals surface area contributed by atoms with Crippen LogP contribution in [0.3, 0.4) is 0 Å². The van der Waals surface area contributed by atoms with E-state index in [0.717, 1.165) is 22.5 Å². The van der Waals surface area contributed by atoms with Gasteiger partial charge < -0.3 is 9.15 Å². The van der Waals surface area contributed by atoms with Crippen molar-refractivity contribution in [2.45, 2.75) is 32.9 Å². The Labute approximate surface area is 169 Å². The number of amides is 2. The minimum absolute atomic E-state index is 0.226. The molecule has 0 fully saturated rings. The van der Waals surface area contributed by atoms with Crippen molar-refractivity contribution in [1.29, 1.82) is 0 Å². The molecule has 0 atom stereocenters. The summed E-state index contributed by atoms with van der Waals surface area (Å²) in [6.45, 7) is 7.42. The van der Waals surface area contributed by atoms with Gasteiger partial charge in [-0.2, -0.15) is 0 Å². The number of furan rings is 1. The summed E-state index contributed by atoms with van der Waals surface area (Å²) in [4.78, 5) is 28.1. The molecule has 28 heavy (non-hydrogen) atoms. The van der Waals surface area contributed by atoms with E-state index in [-0.39, 0.29) is 11.8 Å². The number of aryl methyl sites for hydroxylation is 2. The first-order chi connectivity index (χ1) is 13.5. The van der Waals surface area contributed by atoms with E-state index in [1.54, 1.807) is 6.26 Å². The highest BCUT2D eigenvalue weighted by Gasteiger charge is 2.39. The topological polar surface area (TPSA) is 59.8 Å². The predicted molar refractivity (Wildman–Crippen MR) is 111 cm³/mol. The first-order valence-corrected chi connectivity index (χ1v) is 10.4. The van der Waals surface area contributed by atoms with Crippen molar-refractivity contribution in [2.75, 3.05) is 19.8 Å². The zero-order chi connectivity index (χ0) is 20.1. The largest absolute Gasteiger partial charge is 0.468 e. The van der Waals surface area contributed by atoms with Gasteiger partial charge in [-0.05, 0) is 50.5 Å². The first-order valence-electron chi connectivity index (χ1n) is 9.44. The van der Waals surface area contributed by atoms with Gasteiger partial charge in [0.1, 0.15) is 5.76 Å². The fraction of sp³-hybridized carbons (Fsp3) is 0.364. The van der Waals surface area contributed by atoms with Gasteiger partial charge in [-0.3, -0.25) is 14.5 Å². The van der Waals surface area contributed by atoms with E-state index in [0.29, 0.717) is 42.4 Å². The van der Waals surface area contributed by atoms with Crippen LogP contribution in [0.25, 0.3) is 5.57 Å². The molecule has 1 aliphatic rings. The van der Waals surface area contributed by atoms with E-state index in [2.05, 4.69) is 0 Å². The highest BCUT2D eigenvalue weighted by atomic mass is 32.2. The molecule has 0 N–H and O–H groups in total. The second kappa shape index (κ2) is 9.26.